The molecule has 1 aliphatic heterocycles. The lowest BCUT2D eigenvalue weighted by molar-refractivity contribution is 0.172. The van der Waals surface area contributed by atoms with E-state index in [1.165, 1.54) is 26.4 Å². The highest BCUT2D eigenvalue weighted by molar-refractivity contribution is 5.80. The molecule has 0 amide bonds. The summed E-state index contributed by atoms with van der Waals surface area (Å²) in [5.74, 6) is 1.98. The van der Waals surface area contributed by atoms with Gasteiger partial charge in [-0.3, -0.25) is 9.89 Å². The first-order valence-corrected chi connectivity index (χ1v) is 9.77. The van der Waals surface area contributed by atoms with Gasteiger partial charge in [0, 0.05) is 45.8 Å². The Morgan fingerprint density at radius 3 is 2.65 bits per heavy atom. The van der Waals surface area contributed by atoms with Gasteiger partial charge >= 0.3 is 0 Å². The van der Waals surface area contributed by atoms with E-state index < -0.39 is 0 Å². The minimum absolute atomic E-state index is 0.291. The summed E-state index contributed by atoms with van der Waals surface area (Å²) in [6.45, 7) is 8.53. The molecule has 1 saturated carbocycles. The van der Waals surface area contributed by atoms with Crippen LogP contribution in [0.3, 0.4) is 0 Å². The third-order valence-corrected chi connectivity index (χ3v) is 5.12. The summed E-state index contributed by atoms with van der Waals surface area (Å²) in [6, 6.07) is 5.23. The van der Waals surface area contributed by atoms with Crippen LogP contribution in [-0.2, 0) is 6.54 Å². The molecular weight excluding hydrogens is 331 g/mol. The monoisotopic (exact) mass is 362 g/mol. The van der Waals surface area contributed by atoms with E-state index in [0.717, 1.165) is 63.3 Å². The van der Waals surface area contributed by atoms with E-state index in [1.807, 2.05) is 6.07 Å². The van der Waals surface area contributed by atoms with Crippen molar-refractivity contribution in [2.75, 3.05) is 46.4 Å². The normalized spacial score (nSPS) is 18.9. The second kappa shape index (κ2) is 9.21. The van der Waals surface area contributed by atoms with E-state index >= 15 is 0 Å². The van der Waals surface area contributed by atoms with Gasteiger partial charge in [-0.15, -0.1) is 0 Å². The van der Waals surface area contributed by atoms with Crippen LogP contribution in [0.2, 0.25) is 0 Å². The van der Waals surface area contributed by atoms with Crippen LogP contribution in [0.5, 0.6) is 5.75 Å². The Morgan fingerprint density at radius 2 is 2.04 bits per heavy atom. The number of benzene rings is 1. The van der Waals surface area contributed by atoms with Crippen LogP contribution in [0.4, 0.5) is 4.39 Å². The predicted molar refractivity (Wildman–Crippen MR) is 103 cm³/mol. The lowest BCUT2D eigenvalue weighted by atomic mass is 10.2. The Balaban J connectivity index is 1.49. The van der Waals surface area contributed by atoms with Gasteiger partial charge in [-0.2, -0.15) is 0 Å². The molecule has 2 aliphatic rings. The SMILES string of the molecule is CCNC(=NCCC1CC1)N1CCN(Cc2ccc(OC)c(F)c2)CC1. The van der Waals surface area contributed by atoms with Crippen molar-refractivity contribution in [2.45, 2.75) is 32.7 Å². The third kappa shape index (κ3) is 5.34. The van der Waals surface area contributed by atoms with Gasteiger partial charge in [-0.1, -0.05) is 18.9 Å². The molecule has 0 bridgehead atoms. The maximum Gasteiger partial charge on any atom is 0.194 e. The van der Waals surface area contributed by atoms with Crippen LogP contribution < -0.4 is 10.1 Å². The quantitative estimate of drug-likeness (QED) is 0.598. The molecule has 1 aliphatic carbocycles. The Bertz CT molecular complexity index is 610. The molecule has 5 nitrogen and oxygen atoms in total. The standard InChI is InChI=1S/C20H31FN4O/c1-3-22-20(23-9-8-16-4-5-16)25-12-10-24(11-13-25)15-17-6-7-19(26-2)18(21)14-17/h6-7,14,16H,3-5,8-13,15H2,1-2H3,(H,22,23). The van der Waals surface area contributed by atoms with Gasteiger partial charge in [0.25, 0.3) is 0 Å². The van der Waals surface area contributed by atoms with E-state index in [0.29, 0.717) is 5.75 Å². The van der Waals surface area contributed by atoms with Crippen molar-refractivity contribution in [3.8, 4) is 5.75 Å². The average molecular weight is 362 g/mol. The molecule has 0 atom stereocenters. The number of nitrogens with one attached hydrogen (secondary N) is 1. The van der Waals surface area contributed by atoms with Crippen molar-refractivity contribution < 1.29 is 9.13 Å². The van der Waals surface area contributed by atoms with Crippen LogP contribution in [-0.4, -0.2) is 62.1 Å². The number of methoxy groups -OCH3 is 1. The van der Waals surface area contributed by atoms with E-state index in [9.17, 15) is 4.39 Å². The summed E-state index contributed by atoms with van der Waals surface area (Å²) in [6.07, 6.45) is 3.99. The zero-order valence-corrected chi connectivity index (χ0v) is 16.0. The van der Waals surface area contributed by atoms with Crippen molar-refractivity contribution in [3.05, 3.63) is 29.6 Å². The summed E-state index contributed by atoms with van der Waals surface area (Å²) in [4.78, 5) is 9.52. The van der Waals surface area contributed by atoms with Crippen molar-refractivity contribution in [2.24, 2.45) is 10.9 Å². The van der Waals surface area contributed by atoms with Crippen LogP contribution >= 0.6 is 0 Å². The van der Waals surface area contributed by atoms with E-state index in [-0.39, 0.29) is 5.82 Å². The largest absolute Gasteiger partial charge is 0.494 e. The Kier molecular flexibility index (Phi) is 6.72. The number of hydrogen-bond acceptors (Lipinski definition) is 3. The fraction of sp³-hybridized carbons (Fsp3) is 0.650. The zero-order valence-electron chi connectivity index (χ0n) is 16.0. The molecule has 6 heteroatoms. The van der Waals surface area contributed by atoms with Gasteiger partial charge in [0.15, 0.2) is 17.5 Å². The first-order valence-electron chi connectivity index (χ1n) is 9.77. The molecule has 144 valence electrons. The maximum atomic E-state index is 13.9. The van der Waals surface area contributed by atoms with Crippen LogP contribution in [0, 0.1) is 11.7 Å². The molecule has 1 aromatic rings. The second-order valence-electron chi connectivity index (χ2n) is 7.20. The Hall–Kier alpha value is -1.82. The highest BCUT2D eigenvalue weighted by Crippen LogP contribution is 2.32. The highest BCUT2D eigenvalue weighted by Gasteiger charge is 2.22. The van der Waals surface area contributed by atoms with Gasteiger partial charge in [-0.05, 0) is 37.0 Å². The van der Waals surface area contributed by atoms with Crippen molar-refractivity contribution in [1.29, 1.82) is 0 Å². The topological polar surface area (TPSA) is 40.1 Å². The molecule has 26 heavy (non-hydrogen) atoms. The highest BCUT2D eigenvalue weighted by atomic mass is 19.1. The van der Waals surface area contributed by atoms with Crippen LogP contribution in [0.25, 0.3) is 0 Å². The first-order chi connectivity index (χ1) is 12.7. The Labute approximate surface area is 156 Å². The van der Waals surface area contributed by atoms with E-state index in [2.05, 4.69) is 22.0 Å². The summed E-state index contributed by atoms with van der Waals surface area (Å²) in [5, 5.41) is 3.43. The second-order valence-corrected chi connectivity index (χ2v) is 7.20. The number of halogens is 1. The van der Waals surface area contributed by atoms with Crippen LogP contribution in [0.1, 0.15) is 31.7 Å². The molecule has 1 N–H and O–H groups in total. The maximum absolute atomic E-state index is 13.9. The van der Waals surface area contributed by atoms with Gasteiger partial charge in [0.1, 0.15) is 0 Å². The number of guanidine groups is 1. The van der Waals surface area contributed by atoms with Crippen LogP contribution in [0.15, 0.2) is 23.2 Å². The fourth-order valence-electron chi connectivity index (χ4n) is 3.37. The summed E-state index contributed by atoms with van der Waals surface area (Å²) in [7, 11) is 1.49. The predicted octanol–water partition coefficient (Wildman–Crippen LogP) is 2.72. The van der Waals surface area contributed by atoms with Crippen molar-refractivity contribution in [1.82, 2.24) is 15.1 Å². The van der Waals surface area contributed by atoms with Crippen molar-refractivity contribution in [3.63, 3.8) is 0 Å². The van der Waals surface area contributed by atoms with E-state index in [1.54, 1.807) is 12.1 Å². The summed E-state index contributed by atoms with van der Waals surface area (Å²) >= 11 is 0. The molecular formula is C20H31FN4O. The first kappa shape index (κ1) is 19.0. The average Bonchev–Trinajstić information content (AvgIpc) is 3.46. The van der Waals surface area contributed by atoms with Gasteiger partial charge in [-0.25, -0.2) is 4.39 Å². The lowest BCUT2D eigenvalue weighted by Gasteiger charge is -2.36. The lowest BCUT2D eigenvalue weighted by Crippen LogP contribution is -2.52. The minimum Gasteiger partial charge on any atom is -0.494 e. The summed E-state index contributed by atoms with van der Waals surface area (Å²) in [5.41, 5.74) is 0.988. The zero-order chi connectivity index (χ0) is 18.4. The minimum atomic E-state index is -0.291. The Morgan fingerprint density at radius 1 is 1.27 bits per heavy atom. The number of hydrogen-bond donors (Lipinski definition) is 1. The molecule has 0 unspecified atom stereocenters. The number of aliphatic imine (C=N–C) groups is 1. The number of ether oxygens (including phenoxy) is 1. The molecule has 2 fully saturated rings. The number of piperazine rings is 1. The smallest absolute Gasteiger partial charge is 0.194 e. The molecule has 1 heterocycles. The van der Waals surface area contributed by atoms with E-state index in [4.69, 9.17) is 9.73 Å². The van der Waals surface area contributed by atoms with Gasteiger partial charge in [0.05, 0.1) is 7.11 Å². The molecule has 0 aromatic heterocycles. The van der Waals surface area contributed by atoms with Crippen molar-refractivity contribution >= 4 is 5.96 Å². The molecule has 1 saturated heterocycles. The number of nitrogens with zero attached hydrogens (tertiary/aromatic N) is 3. The van der Waals surface area contributed by atoms with Gasteiger partial charge < -0.3 is 15.0 Å². The third-order valence-electron chi connectivity index (χ3n) is 5.12. The molecule has 0 radical (unpaired) electrons. The molecule has 0 spiro atoms. The van der Waals surface area contributed by atoms with Gasteiger partial charge in [0.2, 0.25) is 0 Å². The molecule has 3 rings (SSSR count). The fourth-order valence-corrected chi connectivity index (χ4v) is 3.37. The molecule has 1 aromatic carbocycles. The number of rotatable bonds is 7. The summed E-state index contributed by atoms with van der Waals surface area (Å²) < 4.78 is 18.8.